The molecule has 1 saturated heterocycles. The summed E-state index contributed by atoms with van der Waals surface area (Å²) in [6.07, 6.45) is 4.41. The van der Waals surface area contributed by atoms with Gasteiger partial charge < -0.3 is 27.0 Å². The van der Waals surface area contributed by atoms with E-state index in [1.54, 1.807) is 16.5 Å². The SMILES string of the molecule is CC1NC(=NCCc2ccccc2)C(=O)N(CC(=O)N[C@@H](CCCN=C(N)N)C(=O)c2nccs2)C1CCc1ccccc1. The molecule has 0 radical (unpaired) electrons. The standard InChI is InChI=1S/C32H40N8O3S/c1-22-26(15-14-23-9-4-2-5-10-23)40(31(43)29(38-22)35-18-16-24-11-6-3-7-12-24)21-27(41)39-25(13-8-17-37-32(33)34)28(42)30-36-19-20-44-30/h2-7,9-12,19-20,22,25-26H,8,13-18,21H2,1H3,(H,35,38)(H,39,41)(H4,33,34,37)/t22?,25-,26?/m0/s1. The molecule has 3 atom stereocenters. The summed E-state index contributed by atoms with van der Waals surface area (Å²) in [5.74, 6) is -0.852. The van der Waals surface area contributed by atoms with Crippen LogP contribution in [0.25, 0.3) is 0 Å². The Morgan fingerprint density at radius 2 is 1.73 bits per heavy atom. The Balaban J connectivity index is 1.49. The summed E-state index contributed by atoms with van der Waals surface area (Å²) in [5, 5.41) is 8.17. The minimum Gasteiger partial charge on any atom is -0.370 e. The van der Waals surface area contributed by atoms with E-state index in [9.17, 15) is 14.4 Å². The van der Waals surface area contributed by atoms with Gasteiger partial charge in [-0.15, -0.1) is 11.3 Å². The van der Waals surface area contributed by atoms with Gasteiger partial charge in [0, 0.05) is 30.7 Å². The fourth-order valence-corrected chi connectivity index (χ4v) is 5.83. The number of benzene rings is 2. The molecule has 2 heterocycles. The normalized spacial score (nSPS) is 18.0. The van der Waals surface area contributed by atoms with Crippen molar-refractivity contribution in [3.63, 3.8) is 0 Å². The number of hydrogen-bond donors (Lipinski definition) is 4. The highest BCUT2D eigenvalue weighted by Gasteiger charge is 2.38. The first-order valence-corrected chi connectivity index (χ1v) is 15.7. The number of amides is 2. The lowest BCUT2D eigenvalue weighted by Crippen LogP contribution is -2.64. The number of aromatic nitrogens is 1. The second-order valence-electron chi connectivity index (χ2n) is 10.7. The van der Waals surface area contributed by atoms with Crippen LogP contribution < -0.4 is 22.1 Å². The molecule has 6 N–H and O–H groups in total. The van der Waals surface area contributed by atoms with Gasteiger partial charge in [0.15, 0.2) is 16.8 Å². The lowest BCUT2D eigenvalue weighted by molar-refractivity contribution is -0.135. The fraction of sp³-hybridized carbons (Fsp3) is 0.375. The number of aliphatic imine (C=N–C) groups is 2. The molecule has 12 heteroatoms. The van der Waals surface area contributed by atoms with Gasteiger partial charge in [-0.2, -0.15) is 0 Å². The molecule has 0 bridgehead atoms. The molecule has 1 aromatic heterocycles. The van der Waals surface area contributed by atoms with E-state index < -0.39 is 11.9 Å². The number of nitrogens with two attached hydrogens (primary N) is 2. The summed E-state index contributed by atoms with van der Waals surface area (Å²) in [6, 6.07) is 18.7. The number of ketones is 1. The van der Waals surface area contributed by atoms with Crippen LogP contribution in [0, 0.1) is 0 Å². The number of amidine groups is 1. The number of piperazine rings is 1. The van der Waals surface area contributed by atoms with Crippen LogP contribution in [0.5, 0.6) is 0 Å². The average Bonchev–Trinajstić information content (AvgIpc) is 3.56. The highest BCUT2D eigenvalue weighted by molar-refractivity contribution is 7.11. The number of nitrogens with zero attached hydrogens (tertiary/aromatic N) is 4. The lowest BCUT2D eigenvalue weighted by Gasteiger charge is -2.41. The predicted molar refractivity (Wildman–Crippen MR) is 174 cm³/mol. The number of nitrogens with one attached hydrogen (secondary N) is 2. The second-order valence-corrected chi connectivity index (χ2v) is 11.6. The summed E-state index contributed by atoms with van der Waals surface area (Å²) in [5.41, 5.74) is 13.1. The molecule has 0 aliphatic carbocycles. The third-order valence-electron chi connectivity index (χ3n) is 7.44. The number of guanidine groups is 1. The Kier molecular flexibility index (Phi) is 12.0. The van der Waals surface area contributed by atoms with Gasteiger partial charge >= 0.3 is 0 Å². The Hall–Kier alpha value is -4.58. The van der Waals surface area contributed by atoms with Crippen molar-refractivity contribution in [1.82, 2.24) is 20.5 Å². The molecule has 4 rings (SSSR count). The van der Waals surface area contributed by atoms with E-state index >= 15 is 0 Å². The van der Waals surface area contributed by atoms with Crippen molar-refractivity contribution in [3.8, 4) is 0 Å². The number of carbonyl (C=O) groups excluding carboxylic acids is 3. The highest BCUT2D eigenvalue weighted by Crippen LogP contribution is 2.19. The van der Waals surface area contributed by atoms with Crippen molar-refractivity contribution in [2.24, 2.45) is 21.5 Å². The van der Waals surface area contributed by atoms with Crippen LogP contribution in [-0.2, 0) is 22.4 Å². The maximum absolute atomic E-state index is 13.8. The number of carbonyl (C=O) groups is 3. The number of hydrogen-bond acceptors (Lipinski definition) is 7. The van der Waals surface area contributed by atoms with E-state index in [0.717, 1.165) is 17.5 Å². The van der Waals surface area contributed by atoms with Crippen LogP contribution in [0.4, 0.5) is 0 Å². The monoisotopic (exact) mass is 616 g/mol. The van der Waals surface area contributed by atoms with E-state index in [4.69, 9.17) is 11.5 Å². The molecule has 1 fully saturated rings. The maximum Gasteiger partial charge on any atom is 0.289 e. The van der Waals surface area contributed by atoms with E-state index in [1.165, 1.54) is 11.3 Å². The van der Waals surface area contributed by atoms with E-state index in [2.05, 4.69) is 25.6 Å². The zero-order valence-electron chi connectivity index (χ0n) is 24.9. The van der Waals surface area contributed by atoms with Crippen molar-refractivity contribution in [3.05, 3.63) is 88.4 Å². The highest BCUT2D eigenvalue weighted by atomic mass is 32.1. The van der Waals surface area contributed by atoms with Gasteiger partial charge in [0.1, 0.15) is 6.54 Å². The molecule has 232 valence electrons. The zero-order chi connectivity index (χ0) is 31.3. The van der Waals surface area contributed by atoms with Crippen LogP contribution >= 0.6 is 11.3 Å². The van der Waals surface area contributed by atoms with Crippen molar-refractivity contribution < 1.29 is 14.4 Å². The third-order valence-corrected chi connectivity index (χ3v) is 8.23. The zero-order valence-corrected chi connectivity index (χ0v) is 25.7. The summed E-state index contributed by atoms with van der Waals surface area (Å²) >= 11 is 1.21. The molecular formula is C32H40N8O3S. The molecule has 0 saturated carbocycles. The lowest BCUT2D eigenvalue weighted by atomic mass is 9.96. The first kappa shape index (κ1) is 32.3. The minimum atomic E-state index is -0.833. The predicted octanol–water partition coefficient (Wildman–Crippen LogP) is 2.33. The van der Waals surface area contributed by atoms with Crippen molar-refractivity contribution in [1.29, 1.82) is 0 Å². The molecule has 0 spiro atoms. The summed E-state index contributed by atoms with van der Waals surface area (Å²) < 4.78 is 0. The largest absolute Gasteiger partial charge is 0.370 e. The van der Waals surface area contributed by atoms with Gasteiger partial charge in [0.25, 0.3) is 5.91 Å². The van der Waals surface area contributed by atoms with Gasteiger partial charge in [-0.1, -0.05) is 60.7 Å². The molecule has 3 aromatic rings. The van der Waals surface area contributed by atoms with Crippen molar-refractivity contribution in [2.75, 3.05) is 19.6 Å². The fourth-order valence-electron chi connectivity index (χ4n) is 5.20. The molecule has 11 nitrogen and oxygen atoms in total. The van der Waals surface area contributed by atoms with Crippen LogP contribution in [0.1, 0.15) is 47.1 Å². The van der Waals surface area contributed by atoms with Crippen molar-refractivity contribution in [2.45, 2.75) is 57.2 Å². The third kappa shape index (κ3) is 9.46. The molecule has 2 amide bonds. The Morgan fingerprint density at radius 3 is 2.36 bits per heavy atom. The molecular weight excluding hydrogens is 576 g/mol. The van der Waals surface area contributed by atoms with E-state index in [0.29, 0.717) is 43.8 Å². The number of thiazole rings is 1. The molecule has 2 unspecified atom stereocenters. The van der Waals surface area contributed by atoms with Crippen LogP contribution in [-0.4, -0.2) is 77.0 Å². The summed E-state index contributed by atoms with van der Waals surface area (Å²) in [6.45, 7) is 2.54. The average molecular weight is 617 g/mol. The van der Waals surface area contributed by atoms with Gasteiger partial charge in [0.2, 0.25) is 11.7 Å². The van der Waals surface area contributed by atoms with Crippen LogP contribution in [0.3, 0.4) is 0 Å². The van der Waals surface area contributed by atoms with Crippen molar-refractivity contribution >= 4 is 40.7 Å². The molecule has 1 aliphatic rings. The van der Waals surface area contributed by atoms with Crippen LogP contribution in [0.2, 0.25) is 0 Å². The number of aryl methyl sites for hydroxylation is 1. The first-order chi connectivity index (χ1) is 21.3. The molecule has 2 aromatic carbocycles. The van der Waals surface area contributed by atoms with Crippen LogP contribution in [0.15, 0.2) is 82.2 Å². The number of Topliss-reactive ketones (excluding diaryl/α,β-unsaturated/α-hetero) is 1. The van der Waals surface area contributed by atoms with E-state index in [1.807, 2.05) is 67.6 Å². The Labute approximate surface area is 261 Å². The minimum absolute atomic E-state index is 0.0362. The second kappa shape index (κ2) is 16.3. The van der Waals surface area contributed by atoms with E-state index in [-0.39, 0.29) is 42.1 Å². The maximum atomic E-state index is 13.8. The first-order valence-electron chi connectivity index (χ1n) is 14.8. The summed E-state index contributed by atoms with van der Waals surface area (Å²) in [7, 11) is 0. The smallest absolute Gasteiger partial charge is 0.289 e. The van der Waals surface area contributed by atoms with Gasteiger partial charge in [-0.25, -0.2) is 4.98 Å². The quantitative estimate of drug-likeness (QED) is 0.0879. The van der Waals surface area contributed by atoms with Gasteiger partial charge in [-0.3, -0.25) is 24.4 Å². The Morgan fingerprint density at radius 1 is 1.05 bits per heavy atom. The summed E-state index contributed by atoms with van der Waals surface area (Å²) in [4.78, 5) is 54.8. The van der Waals surface area contributed by atoms with Gasteiger partial charge in [0.05, 0.1) is 12.1 Å². The molecule has 44 heavy (non-hydrogen) atoms. The Bertz CT molecular complexity index is 1430. The van der Waals surface area contributed by atoms with Gasteiger partial charge in [-0.05, 0) is 50.2 Å². The number of rotatable bonds is 15. The topological polar surface area (TPSA) is 168 Å². The molecule has 1 aliphatic heterocycles.